The van der Waals surface area contributed by atoms with Gasteiger partial charge in [0.25, 0.3) is 0 Å². The van der Waals surface area contributed by atoms with Crippen molar-refractivity contribution in [3.05, 3.63) is 17.5 Å². The van der Waals surface area contributed by atoms with Crippen LogP contribution in [0.2, 0.25) is 0 Å². The number of carbonyl (C=O) groups is 1. The summed E-state index contributed by atoms with van der Waals surface area (Å²) in [5, 5.41) is 4.13. The molecule has 1 aromatic heterocycles. The van der Waals surface area contributed by atoms with Crippen LogP contribution in [0.5, 0.6) is 0 Å². The molecule has 0 saturated carbocycles. The third-order valence-corrected chi connectivity index (χ3v) is 2.15. The third-order valence-electron chi connectivity index (χ3n) is 2.15. The van der Waals surface area contributed by atoms with E-state index in [1.807, 2.05) is 14.0 Å². The van der Waals surface area contributed by atoms with Crippen molar-refractivity contribution in [2.75, 3.05) is 6.61 Å². The summed E-state index contributed by atoms with van der Waals surface area (Å²) in [5.74, 6) is 0.0228. The van der Waals surface area contributed by atoms with Gasteiger partial charge in [0.2, 0.25) is 0 Å². The van der Waals surface area contributed by atoms with Gasteiger partial charge in [-0.2, -0.15) is 5.10 Å². The highest BCUT2D eigenvalue weighted by atomic mass is 16.5. The highest BCUT2D eigenvalue weighted by Gasteiger charge is 2.15. The first kappa shape index (κ1) is 11.8. The predicted molar refractivity (Wildman–Crippen MR) is 57.9 cm³/mol. The lowest BCUT2D eigenvalue weighted by Gasteiger charge is -2.02. The molecule has 0 spiro atoms. The maximum absolute atomic E-state index is 11.5. The molecule has 15 heavy (non-hydrogen) atoms. The third kappa shape index (κ3) is 2.81. The summed E-state index contributed by atoms with van der Waals surface area (Å²) in [7, 11) is 1.84. The summed E-state index contributed by atoms with van der Waals surface area (Å²) < 4.78 is 6.74. The first-order valence-corrected chi connectivity index (χ1v) is 5.27. The fourth-order valence-corrected chi connectivity index (χ4v) is 1.39. The van der Waals surface area contributed by atoms with E-state index in [1.54, 1.807) is 10.7 Å². The van der Waals surface area contributed by atoms with Gasteiger partial charge in [0.1, 0.15) is 0 Å². The molecule has 0 atom stereocenters. The minimum absolute atomic E-state index is 0.334. The standard InChI is InChI=1S/C11H18N2O2/c1-5-6-15-11(14)9-7-10(8(2)3)13(4)12-9/h7-8H,5-6H2,1-4H3. The molecule has 0 bridgehead atoms. The van der Waals surface area contributed by atoms with Gasteiger partial charge in [-0.25, -0.2) is 4.79 Å². The van der Waals surface area contributed by atoms with E-state index in [1.165, 1.54) is 0 Å². The molecule has 0 aromatic carbocycles. The minimum atomic E-state index is -0.334. The summed E-state index contributed by atoms with van der Waals surface area (Å²) in [5.41, 5.74) is 1.44. The van der Waals surface area contributed by atoms with Crippen molar-refractivity contribution in [1.82, 2.24) is 9.78 Å². The van der Waals surface area contributed by atoms with Crippen molar-refractivity contribution < 1.29 is 9.53 Å². The molecule has 4 heteroatoms. The molecule has 0 unspecified atom stereocenters. The van der Waals surface area contributed by atoms with E-state index in [0.717, 1.165) is 12.1 Å². The smallest absolute Gasteiger partial charge is 0.358 e. The van der Waals surface area contributed by atoms with Crippen LogP contribution in [-0.2, 0) is 11.8 Å². The van der Waals surface area contributed by atoms with Crippen molar-refractivity contribution in [2.24, 2.45) is 7.05 Å². The van der Waals surface area contributed by atoms with Crippen LogP contribution in [0.25, 0.3) is 0 Å². The Kier molecular flexibility index (Phi) is 3.88. The van der Waals surface area contributed by atoms with E-state index >= 15 is 0 Å². The van der Waals surface area contributed by atoms with E-state index in [-0.39, 0.29) is 5.97 Å². The van der Waals surface area contributed by atoms with Crippen molar-refractivity contribution in [1.29, 1.82) is 0 Å². The van der Waals surface area contributed by atoms with E-state index in [9.17, 15) is 4.79 Å². The fourth-order valence-electron chi connectivity index (χ4n) is 1.39. The second-order valence-corrected chi connectivity index (χ2v) is 3.87. The van der Waals surface area contributed by atoms with Gasteiger partial charge >= 0.3 is 5.97 Å². The molecule has 0 saturated heterocycles. The van der Waals surface area contributed by atoms with Crippen LogP contribution in [0.3, 0.4) is 0 Å². The number of ether oxygens (including phenoxy) is 1. The first-order valence-electron chi connectivity index (χ1n) is 5.27. The number of carbonyl (C=O) groups excluding carboxylic acids is 1. The number of esters is 1. The summed E-state index contributed by atoms with van der Waals surface area (Å²) in [4.78, 5) is 11.5. The SMILES string of the molecule is CCCOC(=O)c1cc(C(C)C)n(C)n1. The Labute approximate surface area is 90.2 Å². The highest BCUT2D eigenvalue weighted by molar-refractivity contribution is 5.87. The van der Waals surface area contributed by atoms with Gasteiger partial charge in [-0.1, -0.05) is 20.8 Å². The molecular weight excluding hydrogens is 192 g/mol. The Balaban J connectivity index is 2.78. The monoisotopic (exact) mass is 210 g/mol. The number of rotatable bonds is 4. The predicted octanol–water partition coefficient (Wildman–Crippen LogP) is 2.11. The van der Waals surface area contributed by atoms with Gasteiger partial charge in [0.15, 0.2) is 5.69 Å². The summed E-state index contributed by atoms with van der Waals surface area (Å²) >= 11 is 0. The Morgan fingerprint density at radius 3 is 2.73 bits per heavy atom. The number of hydrogen-bond donors (Lipinski definition) is 0. The van der Waals surface area contributed by atoms with E-state index in [2.05, 4.69) is 18.9 Å². The molecule has 1 heterocycles. The lowest BCUT2D eigenvalue weighted by Crippen LogP contribution is -2.07. The lowest BCUT2D eigenvalue weighted by atomic mass is 10.1. The largest absolute Gasteiger partial charge is 0.461 e. The Hall–Kier alpha value is -1.32. The van der Waals surface area contributed by atoms with Crippen LogP contribution in [0.4, 0.5) is 0 Å². The van der Waals surface area contributed by atoms with Gasteiger partial charge in [0.05, 0.1) is 6.61 Å². The Morgan fingerprint density at radius 2 is 2.27 bits per heavy atom. The van der Waals surface area contributed by atoms with Crippen molar-refractivity contribution >= 4 is 5.97 Å². The molecule has 0 N–H and O–H groups in total. The second-order valence-electron chi connectivity index (χ2n) is 3.87. The van der Waals surface area contributed by atoms with Crippen LogP contribution in [0.15, 0.2) is 6.07 Å². The molecule has 0 fully saturated rings. The Morgan fingerprint density at radius 1 is 1.60 bits per heavy atom. The first-order chi connectivity index (χ1) is 7.06. The molecule has 4 nitrogen and oxygen atoms in total. The second kappa shape index (κ2) is 4.96. The van der Waals surface area contributed by atoms with Crippen LogP contribution < -0.4 is 0 Å². The lowest BCUT2D eigenvalue weighted by molar-refractivity contribution is 0.0497. The fraction of sp³-hybridized carbons (Fsp3) is 0.636. The number of nitrogens with zero attached hydrogens (tertiary/aromatic N) is 2. The summed E-state index contributed by atoms with van der Waals surface area (Å²) in [6.45, 7) is 6.55. The van der Waals surface area contributed by atoms with Crippen LogP contribution in [0.1, 0.15) is 49.3 Å². The quantitative estimate of drug-likeness (QED) is 0.715. The van der Waals surface area contributed by atoms with Gasteiger partial charge < -0.3 is 4.74 Å². The van der Waals surface area contributed by atoms with Crippen LogP contribution >= 0.6 is 0 Å². The molecule has 84 valence electrons. The minimum Gasteiger partial charge on any atom is -0.461 e. The Bertz CT molecular complexity index is 342. The topological polar surface area (TPSA) is 44.1 Å². The van der Waals surface area contributed by atoms with Crippen molar-refractivity contribution in [2.45, 2.75) is 33.1 Å². The average Bonchev–Trinajstić information content (AvgIpc) is 2.56. The average molecular weight is 210 g/mol. The van der Waals surface area contributed by atoms with Crippen LogP contribution in [-0.4, -0.2) is 22.4 Å². The molecule has 1 aromatic rings. The maximum atomic E-state index is 11.5. The van der Waals surface area contributed by atoms with E-state index in [4.69, 9.17) is 4.74 Å². The normalized spacial score (nSPS) is 10.7. The maximum Gasteiger partial charge on any atom is 0.358 e. The number of aryl methyl sites for hydroxylation is 1. The zero-order valence-electron chi connectivity index (χ0n) is 9.78. The summed E-state index contributed by atoms with van der Waals surface area (Å²) in [6.07, 6.45) is 0.829. The molecule has 0 radical (unpaired) electrons. The molecule has 0 aliphatic rings. The van der Waals surface area contributed by atoms with Crippen molar-refractivity contribution in [3.63, 3.8) is 0 Å². The highest BCUT2D eigenvalue weighted by Crippen LogP contribution is 2.15. The van der Waals surface area contributed by atoms with Gasteiger partial charge in [0, 0.05) is 12.7 Å². The molecule has 0 amide bonds. The molecule has 1 rings (SSSR count). The van der Waals surface area contributed by atoms with Crippen molar-refractivity contribution in [3.8, 4) is 0 Å². The number of aromatic nitrogens is 2. The van der Waals surface area contributed by atoms with E-state index < -0.39 is 0 Å². The summed E-state index contributed by atoms with van der Waals surface area (Å²) in [6, 6.07) is 1.79. The van der Waals surface area contributed by atoms with Crippen LogP contribution in [0, 0.1) is 0 Å². The van der Waals surface area contributed by atoms with Gasteiger partial charge in [-0.15, -0.1) is 0 Å². The number of hydrogen-bond acceptors (Lipinski definition) is 3. The zero-order valence-corrected chi connectivity index (χ0v) is 9.78. The zero-order chi connectivity index (χ0) is 11.4. The molecule has 0 aliphatic heterocycles. The molecule has 0 aliphatic carbocycles. The van der Waals surface area contributed by atoms with Gasteiger partial charge in [-0.05, 0) is 18.4 Å². The molecular formula is C11H18N2O2. The van der Waals surface area contributed by atoms with E-state index in [0.29, 0.717) is 18.2 Å². The van der Waals surface area contributed by atoms with Gasteiger partial charge in [-0.3, -0.25) is 4.68 Å².